The highest BCUT2D eigenvalue weighted by Crippen LogP contribution is 2.33. The lowest BCUT2D eigenvalue weighted by Gasteiger charge is -2.37. The Balaban J connectivity index is 0.00000126. The van der Waals surface area contributed by atoms with Gasteiger partial charge in [-0.25, -0.2) is 13.1 Å². The maximum absolute atomic E-state index is 13.1. The Labute approximate surface area is 161 Å². The second-order valence-corrected chi connectivity index (χ2v) is 8.01. The summed E-state index contributed by atoms with van der Waals surface area (Å²) in [6, 6.07) is 10.8. The predicted molar refractivity (Wildman–Crippen MR) is 110 cm³/mol. The van der Waals surface area contributed by atoms with Crippen molar-refractivity contribution in [3.63, 3.8) is 0 Å². The summed E-state index contributed by atoms with van der Waals surface area (Å²) in [5, 5.41) is 3.29. The number of nitrogens with one attached hydrogen (secondary N) is 2. The van der Waals surface area contributed by atoms with E-state index in [4.69, 9.17) is 0 Å². The number of aryl methyl sites for hydroxylation is 2. The van der Waals surface area contributed by atoms with Crippen molar-refractivity contribution in [2.75, 3.05) is 17.3 Å². The van der Waals surface area contributed by atoms with Crippen LogP contribution in [-0.2, 0) is 10.0 Å². The first-order chi connectivity index (χ1) is 12.8. The van der Waals surface area contributed by atoms with Crippen molar-refractivity contribution in [3.05, 3.63) is 53.1 Å². The molecule has 0 spiro atoms. The van der Waals surface area contributed by atoms with Crippen molar-refractivity contribution in [2.45, 2.75) is 45.7 Å². The molecule has 2 aromatic carbocycles. The lowest BCUT2D eigenvalue weighted by atomic mass is 10.0. The molecule has 7 heteroatoms. The Bertz CT molecular complexity index is 955. The van der Waals surface area contributed by atoms with E-state index in [1.54, 1.807) is 17.9 Å². The number of sulfonamides is 1. The smallest absolute Gasteiger partial charge is 0.262 e. The van der Waals surface area contributed by atoms with Crippen LogP contribution < -0.4 is 14.9 Å². The van der Waals surface area contributed by atoms with Crippen LogP contribution in [0.15, 0.2) is 41.3 Å². The summed E-state index contributed by atoms with van der Waals surface area (Å²) in [5.74, 6) is -0.219. The van der Waals surface area contributed by atoms with Crippen LogP contribution in [0, 0.1) is 13.8 Å². The third-order valence-corrected chi connectivity index (χ3v) is 6.01. The summed E-state index contributed by atoms with van der Waals surface area (Å²) < 4.78 is 26.8. The van der Waals surface area contributed by atoms with Crippen LogP contribution in [0.1, 0.15) is 42.3 Å². The zero-order chi connectivity index (χ0) is 20.4. The van der Waals surface area contributed by atoms with Gasteiger partial charge in [0.15, 0.2) is 0 Å². The van der Waals surface area contributed by atoms with Crippen molar-refractivity contribution < 1.29 is 13.2 Å². The van der Waals surface area contributed by atoms with E-state index in [0.717, 1.165) is 11.3 Å². The molecule has 0 aliphatic carbocycles. The summed E-state index contributed by atoms with van der Waals surface area (Å²) in [6.07, 6.45) is -0.243. The molecule has 27 heavy (non-hydrogen) atoms. The highest BCUT2D eigenvalue weighted by atomic mass is 32.2. The lowest BCUT2D eigenvalue weighted by molar-refractivity contribution is 0.0976. The second kappa shape index (κ2) is 8.10. The molecule has 1 heterocycles. The monoisotopic (exact) mass is 389 g/mol. The normalized spacial score (nSPS) is 16.1. The number of carbonyl (C=O) groups excluding carboxylic acids is 1. The molecular weight excluding hydrogens is 362 g/mol. The number of benzene rings is 2. The average Bonchev–Trinajstić information content (AvgIpc) is 2.64. The van der Waals surface area contributed by atoms with Gasteiger partial charge in [0.25, 0.3) is 5.91 Å². The maximum atomic E-state index is 13.1. The summed E-state index contributed by atoms with van der Waals surface area (Å²) in [7, 11) is -2.28. The van der Waals surface area contributed by atoms with Crippen LogP contribution in [0.3, 0.4) is 0 Å². The van der Waals surface area contributed by atoms with Crippen LogP contribution >= 0.6 is 0 Å². The van der Waals surface area contributed by atoms with E-state index in [2.05, 4.69) is 10.0 Å². The van der Waals surface area contributed by atoms with Crippen LogP contribution in [0.5, 0.6) is 0 Å². The maximum Gasteiger partial charge on any atom is 0.262 e. The molecule has 1 atom stereocenters. The fourth-order valence-corrected chi connectivity index (χ4v) is 4.11. The number of para-hydroxylation sites is 1. The van der Waals surface area contributed by atoms with Crippen molar-refractivity contribution in [3.8, 4) is 0 Å². The fourth-order valence-electron chi connectivity index (χ4n) is 3.13. The predicted octanol–water partition coefficient (Wildman–Crippen LogP) is 3.66. The first kappa shape index (κ1) is 20.9. The highest BCUT2D eigenvalue weighted by molar-refractivity contribution is 7.89. The number of hydrogen-bond acceptors (Lipinski definition) is 4. The van der Waals surface area contributed by atoms with E-state index >= 15 is 0 Å². The minimum absolute atomic E-state index is 0.114. The van der Waals surface area contributed by atoms with Gasteiger partial charge in [-0.05, 0) is 57.1 Å². The molecule has 3 rings (SSSR count). The molecule has 2 N–H and O–H groups in total. The van der Waals surface area contributed by atoms with Crippen molar-refractivity contribution in [1.82, 2.24) is 4.72 Å². The number of rotatable bonds is 3. The van der Waals surface area contributed by atoms with Gasteiger partial charge in [0, 0.05) is 11.4 Å². The fraction of sp³-hybridized carbons (Fsp3) is 0.350. The van der Waals surface area contributed by atoms with E-state index in [9.17, 15) is 13.2 Å². The zero-order valence-corrected chi connectivity index (χ0v) is 17.4. The number of fused-ring (bicyclic) bond motifs is 1. The molecule has 0 aromatic heterocycles. The summed E-state index contributed by atoms with van der Waals surface area (Å²) in [5.41, 5.74) is 3.36. The van der Waals surface area contributed by atoms with Gasteiger partial charge in [-0.15, -0.1) is 0 Å². The first-order valence-corrected chi connectivity index (χ1v) is 10.5. The van der Waals surface area contributed by atoms with Crippen molar-refractivity contribution >= 4 is 27.3 Å². The van der Waals surface area contributed by atoms with Gasteiger partial charge >= 0.3 is 0 Å². The number of anilines is 2. The largest absolute Gasteiger partial charge is 0.364 e. The highest BCUT2D eigenvalue weighted by Gasteiger charge is 2.33. The average molecular weight is 390 g/mol. The van der Waals surface area contributed by atoms with Crippen LogP contribution in [-0.4, -0.2) is 27.5 Å². The molecule has 2 aromatic rings. The molecule has 1 aliphatic heterocycles. The van der Waals surface area contributed by atoms with Crippen LogP contribution in [0.4, 0.5) is 11.4 Å². The topological polar surface area (TPSA) is 78.5 Å². The Hall–Kier alpha value is -2.38. The van der Waals surface area contributed by atoms with Crippen LogP contribution in [0.25, 0.3) is 0 Å². The Morgan fingerprint density at radius 1 is 1.07 bits per heavy atom. The summed E-state index contributed by atoms with van der Waals surface area (Å²) in [6.45, 7) is 9.56. The Kier molecular flexibility index (Phi) is 6.28. The molecule has 0 bridgehead atoms. The number of nitrogens with zero attached hydrogens (tertiary/aromatic N) is 1. The Morgan fingerprint density at radius 2 is 1.70 bits per heavy atom. The van der Waals surface area contributed by atoms with Gasteiger partial charge in [-0.1, -0.05) is 32.0 Å². The Morgan fingerprint density at radius 3 is 2.30 bits per heavy atom. The molecule has 1 aliphatic rings. The molecule has 0 radical (unpaired) electrons. The van der Waals surface area contributed by atoms with Crippen molar-refractivity contribution in [2.24, 2.45) is 0 Å². The molecular formula is C20H27N3O3S. The van der Waals surface area contributed by atoms with Crippen LogP contribution in [0.2, 0.25) is 0 Å². The number of hydrogen-bond donors (Lipinski definition) is 2. The van der Waals surface area contributed by atoms with Gasteiger partial charge in [0.2, 0.25) is 10.0 Å². The standard InChI is InChI=1S/C18H21N3O3S.C2H6/c1-11-7-5-6-8-16(11)21-13(3)20-15-9-12(2)17(25(23,24)19-4)10-14(15)18(21)22;1-2/h5-10,13,19-20H,1-4H3;1-2H3. The molecule has 146 valence electrons. The number of amides is 1. The van der Waals surface area contributed by atoms with Gasteiger partial charge in [-0.2, -0.15) is 0 Å². The molecule has 6 nitrogen and oxygen atoms in total. The van der Waals surface area contributed by atoms with Gasteiger partial charge in [-0.3, -0.25) is 9.69 Å². The SMILES string of the molecule is CC.CNS(=O)(=O)c1cc2c(cc1C)NC(C)N(c1ccccc1C)C2=O. The quantitative estimate of drug-likeness (QED) is 0.840. The van der Waals surface area contributed by atoms with Gasteiger partial charge in [0.1, 0.15) is 6.17 Å². The zero-order valence-electron chi connectivity index (χ0n) is 16.6. The van der Waals surface area contributed by atoms with Gasteiger partial charge in [0.05, 0.1) is 10.5 Å². The van der Waals surface area contributed by atoms with E-state index in [-0.39, 0.29) is 17.0 Å². The number of carbonyl (C=O) groups is 1. The third-order valence-electron chi connectivity index (χ3n) is 4.45. The summed E-state index contributed by atoms with van der Waals surface area (Å²) >= 11 is 0. The van der Waals surface area contributed by atoms with E-state index in [0.29, 0.717) is 16.8 Å². The molecule has 0 fully saturated rings. The molecule has 0 saturated heterocycles. The molecule has 1 unspecified atom stereocenters. The van der Waals surface area contributed by atoms with E-state index in [1.165, 1.54) is 13.1 Å². The molecule has 0 saturated carbocycles. The summed E-state index contributed by atoms with van der Waals surface area (Å²) in [4.78, 5) is 14.9. The van der Waals surface area contributed by atoms with E-state index in [1.807, 2.05) is 52.0 Å². The van der Waals surface area contributed by atoms with Gasteiger partial charge < -0.3 is 5.32 Å². The van der Waals surface area contributed by atoms with Crippen molar-refractivity contribution in [1.29, 1.82) is 0 Å². The minimum atomic E-state index is -3.64. The lowest BCUT2D eigenvalue weighted by Crippen LogP contribution is -2.47. The third kappa shape index (κ3) is 3.84. The van der Waals surface area contributed by atoms with E-state index < -0.39 is 10.0 Å². The second-order valence-electron chi connectivity index (χ2n) is 6.15. The minimum Gasteiger partial charge on any atom is -0.364 e. The first-order valence-electron chi connectivity index (χ1n) is 9.00. The molecule has 1 amide bonds.